The minimum atomic E-state index is 0.00781. The minimum absolute atomic E-state index is 0.00781. The minimum Gasteiger partial charge on any atom is -0.379 e. The highest BCUT2D eigenvalue weighted by Crippen LogP contribution is 2.30. The molecule has 1 saturated heterocycles. The number of rotatable bonds is 4. The number of carbonyl (C=O) groups excluding carboxylic acids is 1. The fourth-order valence-electron chi connectivity index (χ4n) is 2.73. The standard InChI is InChI=1S/C14H23ClN2O2/c1-11-8-12(10-13(15)9-11)14(18)16-2-3-17-4-6-19-7-5-17/h12-13H,1-10H2,(H,16,18). The third-order valence-electron chi connectivity index (χ3n) is 3.79. The summed E-state index contributed by atoms with van der Waals surface area (Å²) >= 11 is 6.14. The first-order valence-electron chi connectivity index (χ1n) is 7.03. The molecule has 1 heterocycles. The predicted octanol–water partition coefficient (Wildman–Crippen LogP) is 1.40. The average molecular weight is 287 g/mol. The molecule has 0 aromatic carbocycles. The first kappa shape index (κ1) is 14.8. The summed E-state index contributed by atoms with van der Waals surface area (Å²) in [7, 11) is 0. The summed E-state index contributed by atoms with van der Waals surface area (Å²) in [5.41, 5.74) is 1.10. The smallest absolute Gasteiger partial charge is 0.223 e. The summed E-state index contributed by atoms with van der Waals surface area (Å²) in [5, 5.41) is 3.09. The molecular formula is C14H23ClN2O2. The van der Waals surface area contributed by atoms with Crippen LogP contribution in [0.4, 0.5) is 0 Å². The fourth-order valence-corrected chi connectivity index (χ4v) is 3.16. The Morgan fingerprint density at radius 2 is 2.16 bits per heavy atom. The molecule has 1 saturated carbocycles. The van der Waals surface area contributed by atoms with Crippen molar-refractivity contribution in [3.63, 3.8) is 0 Å². The SMILES string of the molecule is C=C1CC(Cl)CC(C(=O)NCCN2CCOCC2)C1. The molecule has 1 N–H and O–H groups in total. The summed E-state index contributed by atoms with van der Waals surface area (Å²) in [6.45, 7) is 9.07. The molecule has 0 spiro atoms. The number of allylic oxidation sites excluding steroid dienone is 1. The van der Waals surface area contributed by atoms with Gasteiger partial charge in [0.15, 0.2) is 0 Å². The van der Waals surface area contributed by atoms with E-state index in [1.54, 1.807) is 0 Å². The third kappa shape index (κ3) is 4.79. The Hall–Kier alpha value is -0.580. The van der Waals surface area contributed by atoms with Crippen molar-refractivity contribution in [2.75, 3.05) is 39.4 Å². The van der Waals surface area contributed by atoms with E-state index < -0.39 is 0 Å². The topological polar surface area (TPSA) is 41.6 Å². The average Bonchev–Trinajstić information content (AvgIpc) is 2.38. The Kier molecular flexibility index (Phi) is 5.67. The van der Waals surface area contributed by atoms with E-state index in [1.165, 1.54) is 0 Å². The van der Waals surface area contributed by atoms with E-state index in [2.05, 4.69) is 16.8 Å². The van der Waals surface area contributed by atoms with Crippen LogP contribution in [0, 0.1) is 5.92 Å². The van der Waals surface area contributed by atoms with Crippen LogP contribution in [0.3, 0.4) is 0 Å². The van der Waals surface area contributed by atoms with Crippen LogP contribution >= 0.6 is 11.6 Å². The number of alkyl halides is 1. The summed E-state index contributed by atoms with van der Waals surface area (Å²) < 4.78 is 5.29. The van der Waals surface area contributed by atoms with Crippen molar-refractivity contribution in [1.29, 1.82) is 0 Å². The monoisotopic (exact) mass is 286 g/mol. The van der Waals surface area contributed by atoms with Gasteiger partial charge in [-0.25, -0.2) is 0 Å². The maximum Gasteiger partial charge on any atom is 0.223 e. The lowest BCUT2D eigenvalue weighted by atomic mass is 9.85. The molecule has 108 valence electrons. The summed E-state index contributed by atoms with van der Waals surface area (Å²) in [5.74, 6) is 0.133. The molecule has 1 aliphatic heterocycles. The number of hydrogen-bond donors (Lipinski definition) is 1. The van der Waals surface area contributed by atoms with Gasteiger partial charge in [0.25, 0.3) is 0 Å². The van der Waals surface area contributed by atoms with Crippen LogP contribution in [0.1, 0.15) is 19.3 Å². The molecule has 1 amide bonds. The highest BCUT2D eigenvalue weighted by Gasteiger charge is 2.27. The third-order valence-corrected chi connectivity index (χ3v) is 4.12. The normalized spacial score (nSPS) is 29.2. The number of nitrogens with one attached hydrogen (secondary N) is 1. The van der Waals surface area contributed by atoms with Crippen LogP contribution < -0.4 is 5.32 Å². The molecule has 0 radical (unpaired) electrons. The Morgan fingerprint density at radius 1 is 1.42 bits per heavy atom. The maximum absolute atomic E-state index is 12.1. The molecule has 2 fully saturated rings. The lowest BCUT2D eigenvalue weighted by molar-refractivity contribution is -0.125. The van der Waals surface area contributed by atoms with Gasteiger partial charge in [-0.15, -0.1) is 11.6 Å². The van der Waals surface area contributed by atoms with Crippen LogP contribution in [-0.2, 0) is 9.53 Å². The van der Waals surface area contributed by atoms with E-state index in [9.17, 15) is 4.79 Å². The first-order chi connectivity index (χ1) is 9.15. The van der Waals surface area contributed by atoms with Gasteiger partial charge in [0, 0.05) is 37.5 Å². The van der Waals surface area contributed by atoms with Crippen molar-refractivity contribution in [3.8, 4) is 0 Å². The van der Waals surface area contributed by atoms with Crippen LogP contribution in [-0.4, -0.2) is 55.6 Å². The van der Waals surface area contributed by atoms with Crippen molar-refractivity contribution >= 4 is 17.5 Å². The summed E-state index contributed by atoms with van der Waals surface area (Å²) in [4.78, 5) is 14.4. The van der Waals surface area contributed by atoms with E-state index in [0.717, 1.165) is 57.7 Å². The Morgan fingerprint density at radius 3 is 2.84 bits per heavy atom. The summed E-state index contributed by atoms with van der Waals surface area (Å²) in [6, 6.07) is 0. The zero-order valence-electron chi connectivity index (χ0n) is 11.4. The fraction of sp³-hybridized carbons (Fsp3) is 0.786. The molecule has 2 atom stereocenters. The number of amides is 1. The van der Waals surface area contributed by atoms with E-state index >= 15 is 0 Å². The quantitative estimate of drug-likeness (QED) is 0.627. The van der Waals surface area contributed by atoms with Gasteiger partial charge in [0.2, 0.25) is 5.91 Å². The van der Waals surface area contributed by atoms with Gasteiger partial charge in [-0.05, 0) is 19.3 Å². The van der Waals surface area contributed by atoms with Gasteiger partial charge < -0.3 is 10.1 Å². The van der Waals surface area contributed by atoms with Crippen LogP contribution in [0.2, 0.25) is 0 Å². The van der Waals surface area contributed by atoms with E-state index in [1.807, 2.05) is 0 Å². The van der Waals surface area contributed by atoms with E-state index in [4.69, 9.17) is 16.3 Å². The van der Waals surface area contributed by atoms with Gasteiger partial charge >= 0.3 is 0 Å². The van der Waals surface area contributed by atoms with Crippen LogP contribution in [0.5, 0.6) is 0 Å². The molecule has 4 nitrogen and oxygen atoms in total. The van der Waals surface area contributed by atoms with Crippen LogP contribution in [0.15, 0.2) is 12.2 Å². The number of morpholine rings is 1. The number of halogens is 1. The van der Waals surface area contributed by atoms with Crippen LogP contribution in [0.25, 0.3) is 0 Å². The van der Waals surface area contributed by atoms with Crippen molar-refractivity contribution in [2.24, 2.45) is 5.92 Å². The second-order valence-electron chi connectivity index (χ2n) is 5.43. The van der Waals surface area contributed by atoms with E-state index in [0.29, 0.717) is 6.54 Å². The second kappa shape index (κ2) is 7.27. The van der Waals surface area contributed by atoms with Crippen molar-refractivity contribution in [2.45, 2.75) is 24.6 Å². The highest BCUT2D eigenvalue weighted by atomic mass is 35.5. The molecular weight excluding hydrogens is 264 g/mol. The molecule has 2 rings (SSSR count). The molecule has 1 aliphatic carbocycles. The number of ether oxygens (including phenoxy) is 1. The molecule has 2 aliphatic rings. The Balaban J connectivity index is 1.67. The van der Waals surface area contributed by atoms with Gasteiger partial charge in [-0.3, -0.25) is 9.69 Å². The Labute approximate surface area is 120 Å². The number of carbonyl (C=O) groups is 1. The lowest BCUT2D eigenvalue weighted by Crippen LogP contribution is -2.43. The van der Waals surface area contributed by atoms with Crippen molar-refractivity contribution < 1.29 is 9.53 Å². The van der Waals surface area contributed by atoms with Gasteiger partial charge in [-0.2, -0.15) is 0 Å². The number of hydrogen-bond acceptors (Lipinski definition) is 3. The van der Waals surface area contributed by atoms with Crippen molar-refractivity contribution in [1.82, 2.24) is 10.2 Å². The second-order valence-corrected chi connectivity index (χ2v) is 6.05. The molecule has 2 unspecified atom stereocenters. The first-order valence-corrected chi connectivity index (χ1v) is 7.47. The maximum atomic E-state index is 12.1. The van der Waals surface area contributed by atoms with E-state index in [-0.39, 0.29) is 17.2 Å². The zero-order chi connectivity index (χ0) is 13.7. The molecule has 5 heteroatoms. The highest BCUT2D eigenvalue weighted by molar-refractivity contribution is 6.21. The van der Waals surface area contributed by atoms with Crippen molar-refractivity contribution in [3.05, 3.63) is 12.2 Å². The largest absolute Gasteiger partial charge is 0.379 e. The summed E-state index contributed by atoms with van der Waals surface area (Å²) in [6.07, 6.45) is 2.40. The molecule has 0 aromatic rings. The van der Waals surface area contributed by atoms with Gasteiger partial charge in [0.1, 0.15) is 0 Å². The van der Waals surface area contributed by atoms with Gasteiger partial charge in [0.05, 0.1) is 13.2 Å². The molecule has 19 heavy (non-hydrogen) atoms. The molecule has 0 aromatic heterocycles. The lowest BCUT2D eigenvalue weighted by Gasteiger charge is -2.28. The van der Waals surface area contributed by atoms with Gasteiger partial charge in [-0.1, -0.05) is 12.2 Å². The zero-order valence-corrected chi connectivity index (χ0v) is 12.1. The Bertz CT molecular complexity index is 329. The number of nitrogens with zero attached hydrogens (tertiary/aromatic N) is 1. The predicted molar refractivity (Wildman–Crippen MR) is 76.4 cm³/mol. The molecule has 0 bridgehead atoms.